The van der Waals surface area contributed by atoms with Crippen LogP contribution in [-0.2, 0) is 4.74 Å². The Morgan fingerprint density at radius 3 is 2.56 bits per heavy atom. The number of likely N-dealkylation sites (N-methyl/N-ethyl adjacent to an activating group) is 1. The van der Waals surface area contributed by atoms with Crippen LogP contribution in [0.5, 0.6) is 0 Å². The molecule has 1 aromatic rings. The minimum atomic E-state index is -0.151. The molecule has 3 heteroatoms. The molecule has 0 aliphatic carbocycles. The first-order valence-corrected chi connectivity index (χ1v) is 6.44. The van der Waals surface area contributed by atoms with E-state index in [1.165, 1.54) is 11.3 Å². The lowest BCUT2D eigenvalue weighted by Crippen LogP contribution is -2.43. The van der Waals surface area contributed by atoms with Crippen molar-refractivity contribution in [3.63, 3.8) is 0 Å². The van der Waals surface area contributed by atoms with E-state index in [0.717, 1.165) is 6.42 Å². The van der Waals surface area contributed by atoms with Crippen molar-refractivity contribution in [1.29, 1.82) is 0 Å². The molecule has 0 saturated carbocycles. The van der Waals surface area contributed by atoms with Crippen LogP contribution < -0.4 is 10.6 Å². The topological polar surface area (TPSA) is 38.5 Å². The van der Waals surface area contributed by atoms with Crippen molar-refractivity contribution >= 4 is 5.69 Å². The van der Waals surface area contributed by atoms with Gasteiger partial charge >= 0.3 is 0 Å². The Bertz CT molecular complexity index is 377. The second-order valence-corrected chi connectivity index (χ2v) is 5.51. The Labute approximate surface area is 111 Å². The van der Waals surface area contributed by atoms with Gasteiger partial charge in [-0.05, 0) is 44.9 Å². The number of hydrogen-bond acceptors (Lipinski definition) is 3. The molecule has 0 aromatic heterocycles. The lowest BCUT2D eigenvalue weighted by molar-refractivity contribution is 0.0104. The van der Waals surface area contributed by atoms with Gasteiger partial charge in [0, 0.05) is 32.4 Å². The molecule has 0 bridgehead atoms. The molecule has 0 fully saturated rings. The standard InChI is InChI=1S/C15H26N2O/c1-12-7-6-8-13(9-12)17(4)14(11-16)10-15(2,3)18-5/h6-9,14H,10-11,16H2,1-5H3. The molecule has 0 radical (unpaired) electrons. The molecule has 0 aliphatic rings. The third-order valence-corrected chi connectivity index (χ3v) is 3.51. The van der Waals surface area contributed by atoms with Gasteiger partial charge in [-0.25, -0.2) is 0 Å². The number of anilines is 1. The molecule has 1 unspecified atom stereocenters. The van der Waals surface area contributed by atoms with E-state index in [0.29, 0.717) is 6.54 Å². The second kappa shape index (κ2) is 6.21. The molecule has 2 N–H and O–H groups in total. The number of rotatable bonds is 6. The average Bonchev–Trinajstić information content (AvgIpc) is 2.35. The normalized spacial score (nSPS) is 13.4. The van der Waals surface area contributed by atoms with Crippen LogP contribution in [0.25, 0.3) is 0 Å². The monoisotopic (exact) mass is 250 g/mol. The number of aryl methyl sites for hydroxylation is 1. The number of benzene rings is 1. The van der Waals surface area contributed by atoms with Crippen LogP contribution in [0.4, 0.5) is 5.69 Å². The van der Waals surface area contributed by atoms with Gasteiger partial charge in [0.25, 0.3) is 0 Å². The molecule has 1 atom stereocenters. The SMILES string of the molecule is COC(C)(C)CC(CN)N(C)c1cccc(C)c1. The largest absolute Gasteiger partial charge is 0.379 e. The van der Waals surface area contributed by atoms with Gasteiger partial charge < -0.3 is 15.4 Å². The summed E-state index contributed by atoms with van der Waals surface area (Å²) < 4.78 is 5.50. The summed E-state index contributed by atoms with van der Waals surface area (Å²) in [5, 5.41) is 0. The highest BCUT2D eigenvalue weighted by molar-refractivity contribution is 5.48. The number of nitrogens with zero attached hydrogens (tertiary/aromatic N) is 1. The minimum Gasteiger partial charge on any atom is -0.379 e. The number of methoxy groups -OCH3 is 1. The first-order chi connectivity index (χ1) is 8.39. The van der Waals surface area contributed by atoms with Gasteiger partial charge in [-0.1, -0.05) is 12.1 Å². The molecule has 0 amide bonds. The van der Waals surface area contributed by atoms with Crippen molar-refractivity contribution in [3.8, 4) is 0 Å². The van der Waals surface area contributed by atoms with E-state index in [9.17, 15) is 0 Å². The highest BCUT2D eigenvalue weighted by Crippen LogP contribution is 2.23. The summed E-state index contributed by atoms with van der Waals surface area (Å²) in [6, 6.07) is 8.77. The zero-order valence-corrected chi connectivity index (χ0v) is 12.2. The predicted molar refractivity (Wildman–Crippen MR) is 78.1 cm³/mol. The van der Waals surface area contributed by atoms with Crippen LogP contribution in [0.3, 0.4) is 0 Å². The van der Waals surface area contributed by atoms with Crippen LogP contribution in [0, 0.1) is 6.92 Å². The lowest BCUT2D eigenvalue weighted by atomic mass is 9.97. The van der Waals surface area contributed by atoms with Gasteiger partial charge in [0.2, 0.25) is 0 Å². The maximum absolute atomic E-state index is 5.91. The van der Waals surface area contributed by atoms with Gasteiger partial charge in [0.15, 0.2) is 0 Å². The van der Waals surface area contributed by atoms with E-state index < -0.39 is 0 Å². The molecule has 1 rings (SSSR count). The molecule has 0 aliphatic heterocycles. The van der Waals surface area contributed by atoms with Gasteiger partial charge in [0.05, 0.1) is 5.60 Å². The van der Waals surface area contributed by atoms with Gasteiger partial charge in [-0.15, -0.1) is 0 Å². The van der Waals surface area contributed by atoms with Crippen LogP contribution in [0.15, 0.2) is 24.3 Å². The zero-order chi connectivity index (χ0) is 13.8. The Balaban J connectivity index is 2.82. The van der Waals surface area contributed by atoms with Crippen molar-refractivity contribution in [2.75, 3.05) is 25.6 Å². The van der Waals surface area contributed by atoms with Crippen molar-refractivity contribution in [1.82, 2.24) is 0 Å². The molecule has 0 spiro atoms. The highest BCUT2D eigenvalue weighted by Gasteiger charge is 2.24. The number of nitrogens with two attached hydrogens (primary N) is 1. The zero-order valence-electron chi connectivity index (χ0n) is 12.2. The number of hydrogen-bond donors (Lipinski definition) is 1. The fraction of sp³-hybridized carbons (Fsp3) is 0.600. The number of ether oxygens (including phenoxy) is 1. The van der Waals surface area contributed by atoms with Gasteiger partial charge in [-0.2, -0.15) is 0 Å². The maximum Gasteiger partial charge on any atom is 0.0642 e. The van der Waals surface area contributed by atoms with Crippen molar-refractivity contribution in [2.24, 2.45) is 5.73 Å². The fourth-order valence-electron chi connectivity index (χ4n) is 2.09. The highest BCUT2D eigenvalue weighted by atomic mass is 16.5. The molecule has 0 heterocycles. The van der Waals surface area contributed by atoms with Gasteiger partial charge in [0.1, 0.15) is 0 Å². The Kier molecular flexibility index (Phi) is 5.17. The summed E-state index contributed by atoms with van der Waals surface area (Å²) in [7, 11) is 3.85. The van der Waals surface area contributed by atoms with Crippen molar-refractivity contribution < 1.29 is 4.74 Å². The minimum absolute atomic E-state index is 0.151. The van der Waals surface area contributed by atoms with E-state index in [-0.39, 0.29) is 11.6 Å². The summed E-state index contributed by atoms with van der Waals surface area (Å²) in [5.41, 5.74) is 8.23. The van der Waals surface area contributed by atoms with E-state index in [1.807, 2.05) is 0 Å². The first kappa shape index (κ1) is 15.0. The van der Waals surface area contributed by atoms with Crippen LogP contribution in [0.2, 0.25) is 0 Å². The average molecular weight is 250 g/mol. The Hall–Kier alpha value is -1.06. The van der Waals surface area contributed by atoms with E-state index in [1.54, 1.807) is 7.11 Å². The summed E-state index contributed by atoms with van der Waals surface area (Å²) in [5.74, 6) is 0. The van der Waals surface area contributed by atoms with E-state index >= 15 is 0 Å². The lowest BCUT2D eigenvalue weighted by Gasteiger charge is -2.35. The molecule has 3 nitrogen and oxygen atoms in total. The van der Waals surface area contributed by atoms with E-state index in [2.05, 4.69) is 57.0 Å². The third kappa shape index (κ3) is 4.00. The summed E-state index contributed by atoms with van der Waals surface area (Å²) in [6.07, 6.45) is 0.907. The Morgan fingerprint density at radius 1 is 1.39 bits per heavy atom. The quantitative estimate of drug-likeness (QED) is 0.843. The van der Waals surface area contributed by atoms with Crippen LogP contribution in [0.1, 0.15) is 25.8 Å². The first-order valence-electron chi connectivity index (χ1n) is 6.44. The van der Waals surface area contributed by atoms with Crippen LogP contribution >= 0.6 is 0 Å². The third-order valence-electron chi connectivity index (χ3n) is 3.51. The van der Waals surface area contributed by atoms with Crippen molar-refractivity contribution in [3.05, 3.63) is 29.8 Å². The summed E-state index contributed by atoms with van der Waals surface area (Å²) in [6.45, 7) is 6.92. The van der Waals surface area contributed by atoms with Gasteiger partial charge in [-0.3, -0.25) is 0 Å². The predicted octanol–water partition coefficient (Wildman–Crippen LogP) is 2.57. The maximum atomic E-state index is 5.91. The van der Waals surface area contributed by atoms with E-state index in [4.69, 9.17) is 10.5 Å². The molecule has 0 saturated heterocycles. The van der Waals surface area contributed by atoms with Crippen molar-refractivity contribution in [2.45, 2.75) is 38.8 Å². The smallest absolute Gasteiger partial charge is 0.0642 e. The molecule has 1 aromatic carbocycles. The molecular weight excluding hydrogens is 224 g/mol. The fourth-order valence-corrected chi connectivity index (χ4v) is 2.09. The molecule has 18 heavy (non-hydrogen) atoms. The molecule has 102 valence electrons. The van der Waals surface area contributed by atoms with Crippen LogP contribution in [-0.4, -0.2) is 32.3 Å². The summed E-state index contributed by atoms with van der Waals surface area (Å²) in [4.78, 5) is 2.24. The molecular formula is C15H26N2O. The Morgan fingerprint density at radius 2 is 2.06 bits per heavy atom. The summed E-state index contributed by atoms with van der Waals surface area (Å²) >= 11 is 0. The second-order valence-electron chi connectivity index (χ2n) is 5.51.